The van der Waals surface area contributed by atoms with Gasteiger partial charge in [-0.1, -0.05) is 27.7 Å². The van der Waals surface area contributed by atoms with Gasteiger partial charge in [0.2, 0.25) is 0 Å². The van der Waals surface area contributed by atoms with Crippen LogP contribution in [0, 0.1) is 0 Å². The fourth-order valence-electron chi connectivity index (χ4n) is 2.77. The summed E-state index contributed by atoms with van der Waals surface area (Å²) in [6.07, 6.45) is 2.03. The van der Waals surface area contributed by atoms with Crippen molar-refractivity contribution in [2.24, 2.45) is 0 Å². The lowest BCUT2D eigenvalue weighted by Gasteiger charge is -2.30. The van der Waals surface area contributed by atoms with E-state index in [1.54, 1.807) is 0 Å². The Balaban J connectivity index is 2.43. The van der Waals surface area contributed by atoms with E-state index in [9.17, 15) is 9.90 Å². The van der Waals surface area contributed by atoms with Gasteiger partial charge in [0.25, 0.3) is 0 Å². The summed E-state index contributed by atoms with van der Waals surface area (Å²) in [5, 5.41) is 9.45. The maximum atomic E-state index is 11.5. The van der Waals surface area contributed by atoms with Crippen molar-refractivity contribution in [3.05, 3.63) is 28.6 Å². The van der Waals surface area contributed by atoms with E-state index in [1.165, 1.54) is 0 Å². The Labute approximate surface area is 120 Å². The average molecular weight is 276 g/mol. The number of nitrogens with zero attached hydrogens (tertiary/aromatic N) is 2. The molecule has 2 rings (SSSR count). The minimum Gasteiger partial charge on any atom is -0.478 e. The summed E-state index contributed by atoms with van der Waals surface area (Å²) >= 11 is 0. The number of carbonyl (C=O) groups is 1. The SMILES string of the molecule is CCCN1CCc2nc(C(C)(C)C)c(C(=O)O)cc2C1. The standard InChI is InChI=1S/C16H24N2O2/c1-5-7-18-8-6-13-11(10-18)9-12(15(19)20)14(17-13)16(2,3)4/h9H,5-8,10H2,1-4H3,(H,19,20). The van der Waals surface area contributed by atoms with Gasteiger partial charge in [-0.3, -0.25) is 9.88 Å². The van der Waals surface area contributed by atoms with Crippen LogP contribution in [-0.4, -0.2) is 34.0 Å². The molecular formula is C16H24N2O2. The number of aromatic nitrogens is 1. The first-order valence-electron chi connectivity index (χ1n) is 7.32. The highest BCUT2D eigenvalue weighted by atomic mass is 16.4. The average Bonchev–Trinajstić information content (AvgIpc) is 2.36. The van der Waals surface area contributed by atoms with Crippen LogP contribution in [0.25, 0.3) is 0 Å². The van der Waals surface area contributed by atoms with Crippen molar-refractivity contribution in [1.29, 1.82) is 0 Å². The Morgan fingerprint density at radius 2 is 2.15 bits per heavy atom. The van der Waals surface area contributed by atoms with Gasteiger partial charge in [0.05, 0.1) is 11.3 Å². The predicted molar refractivity (Wildman–Crippen MR) is 79.2 cm³/mol. The van der Waals surface area contributed by atoms with Crippen LogP contribution in [0.1, 0.15) is 61.4 Å². The first kappa shape index (κ1) is 15.0. The van der Waals surface area contributed by atoms with Gasteiger partial charge in [-0.15, -0.1) is 0 Å². The summed E-state index contributed by atoms with van der Waals surface area (Å²) in [5.41, 5.74) is 2.97. The largest absolute Gasteiger partial charge is 0.478 e. The van der Waals surface area contributed by atoms with E-state index in [2.05, 4.69) is 11.8 Å². The molecule has 1 aliphatic rings. The van der Waals surface area contributed by atoms with Crippen LogP contribution in [0.5, 0.6) is 0 Å². The lowest BCUT2D eigenvalue weighted by molar-refractivity contribution is 0.0693. The van der Waals surface area contributed by atoms with Crippen LogP contribution in [-0.2, 0) is 18.4 Å². The van der Waals surface area contributed by atoms with Crippen molar-refractivity contribution in [3.63, 3.8) is 0 Å². The van der Waals surface area contributed by atoms with E-state index in [0.29, 0.717) is 11.3 Å². The van der Waals surface area contributed by atoms with Crippen molar-refractivity contribution >= 4 is 5.97 Å². The second kappa shape index (κ2) is 5.52. The van der Waals surface area contributed by atoms with Gasteiger partial charge in [-0.05, 0) is 24.6 Å². The Bertz CT molecular complexity index is 518. The third kappa shape index (κ3) is 3.01. The van der Waals surface area contributed by atoms with E-state index in [0.717, 1.165) is 43.7 Å². The van der Waals surface area contributed by atoms with E-state index in [-0.39, 0.29) is 5.41 Å². The minimum atomic E-state index is -0.877. The highest BCUT2D eigenvalue weighted by Crippen LogP contribution is 2.28. The molecule has 110 valence electrons. The molecule has 0 radical (unpaired) electrons. The normalized spacial score (nSPS) is 16.0. The van der Waals surface area contributed by atoms with Gasteiger partial charge in [0.15, 0.2) is 0 Å². The molecule has 0 spiro atoms. The number of hydrogen-bond donors (Lipinski definition) is 1. The van der Waals surface area contributed by atoms with Crippen LogP contribution >= 0.6 is 0 Å². The number of aromatic carboxylic acids is 1. The molecule has 0 bridgehead atoms. The smallest absolute Gasteiger partial charge is 0.337 e. The summed E-state index contributed by atoms with van der Waals surface area (Å²) in [7, 11) is 0. The highest BCUT2D eigenvalue weighted by molar-refractivity contribution is 5.89. The summed E-state index contributed by atoms with van der Waals surface area (Å²) in [6.45, 7) is 11.1. The number of fused-ring (bicyclic) bond motifs is 1. The zero-order chi connectivity index (χ0) is 14.9. The van der Waals surface area contributed by atoms with Crippen LogP contribution in [0.2, 0.25) is 0 Å². The number of carboxylic acids is 1. The van der Waals surface area contributed by atoms with Crippen LogP contribution in [0.3, 0.4) is 0 Å². The molecule has 0 fully saturated rings. The third-order valence-electron chi connectivity index (χ3n) is 3.73. The molecule has 0 aromatic carbocycles. The molecule has 4 heteroatoms. The van der Waals surface area contributed by atoms with Crippen molar-refractivity contribution in [2.45, 2.75) is 52.5 Å². The van der Waals surface area contributed by atoms with Gasteiger partial charge in [0.1, 0.15) is 0 Å². The lowest BCUT2D eigenvalue weighted by atomic mass is 9.86. The molecule has 0 saturated carbocycles. The van der Waals surface area contributed by atoms with Crippen molar-refractivity contribution < 1.29 is 9.90 Å². The third-order valence-corrected chi connectivity index (χ3v) is 3.73. The molecule has 1 N–H and O–H groups in total. The maximum absolute atomic E-state index is 11.5. The Morgan fingerprint density at radius 1 is 1.45 bits per heavy atom. The molecule has 2 heterocycles. The summed E-state index contributed by atoms with van der Waals surface area (Å²) in [6, 6.07) is 1.84. The molecule has 0 atom stereocenters. The second-order valence-corrected chi connectivity index (χ2v) is 6.57. The van der Waals surface area contributed by atoms with Gasteiger partial charge < -0.3 is 5.11 Å². The van der Waals surface area contributed by atoms with Crippen LogP contribution in [0.4, 0.5) is 0 Å². The minimum absolute atomic E-state index is 0.247. The summed E-state index contributed by atoms with van der Waals surface area (Å²) in [4.78, 5) is 18.6. The van der Waals surface area contributed by atoms with Crippen molar-refractivity contribution in [2.75, 3.05) is 13.1 Å². The molecule has 0 saturated heterocycles. The van der Waals surface area contributed by atoms with E-state index in [1.807, 2.05) is 26.8 Å². The van der Waals surface area contributed by atoms with Gasteiger partial charge in [-0.2, -0.15) is 0 Å². The molecule has 1 aromatic heterocycles. The second-order valence-electron chi connectivity index (χ2n) is 6.57. The van der Waals surface area contributed by atoms with Gasteiger partial charge >= 0.3 is 5.97 Å². The zero-order valence-corrected chi connectivity index (χ0v) is 12.9. The first-order chi connectivity index (χ1) is 9.32. The highest BCUT2D eigenvalue weighted by Gasteiger charge is 2.27. The molecule has 0 unspecified atom stereocenters. The zero-order valence-electron chi connectivity index (χ0n) is 12.9. The molecule has 1 aromatic rings. The van der Waals surface area contributed by atoms with Crippen molar-refractivity contribution in [1.82, 2.24) is 9.88 Å². The fraction of sp³-hybridized carbons (Fsp3) is 0.625. The molecule has 20 heavy (non-hydrogen) atoms. The van der Waals surface area contributed by atoms with Crippen LogP contribution in [0.15, 0.2) is 6.07 Å². The number of carboxylic acid groups (broad SMARTS) is 1. The first-order valence-corrected chi connectivity index (χ1v) is 7.32. The molecule has 4 nitrogen and oxygen atoms in total. The topological polar surface area (TPSA) is 53.4 Å². The number of hydrogen-bond acceptors (Lipinski definition) is 3. The van der Waals surface area contributed by atoms with E-state index < -0.39 is 5.97 Å². The Kier molecular flexibility index (Phi) is 4.14. The number of rotatable bonds is 3. The maximum Gasteiger partial charge on any atom is 0.337 e. The molecule has 0 aliphatic carbocycles. The van der Waals surface area contributed by atoms with Crippen molar-refractivity contribution in [3.8, 4) is 0 Å². The number of pyridine rings is 1. The Hall–Kier alpha value is -1.42. The quantitative estimate of drug-likeness (QED) is 0.922. The summed E-state index contributed by atoms with van der Waals surface area (Å²) in [5.74, 6) is -0.877. The summed E-state index contributed by atoms with van der Waals surface area (Å²) < 4.78 is 0. The Morgan fingerprint density at radius 3 is 2.70 bits per heavy atom. The van der Waals surface area contributed by atoms with Crippen LogP contribution < -0.4 is 0 Å². The molecular weight excluding hydrogens is 252 g/mol. The van der Waals surface area contributed by atoms with E-state index >= 15 is 0 Å². The van der Waals surface area contributed by atoms with Gasteiger partial charge in [-0.25, -0.2) is 4.79 Å². The van der Waals surface area contributed by atoms with E-state index in [4.69, 9.17) is 4.98 Å². The lowest BCUT2D eigenvalue weighted by Crippen LogP contribution is -2.33. The molecule has 1 aliphatic heterocycles. The molecule has 0 amide bonds. The monoisotopic (exact) mass is 276 g/mol. The van der Waals surface area contributed by atoms with Gasteiger partial charge in [0, 0.05) is 30.6 Å². The fourth-order valence-corrected chi connectivity index (χ4v) is 2.77. The predicted octanol–water partition coefficient (Wildman–Crippen LogP) is 2.85.